The van der Waals surface area contributed by atoms with Crippen molar-refractivity contribution in [2.75, 3.05) is 9.80 Å². The second kappa shape index (κ2) is 17.4. The topological polar surface area (TPSA) is 6.48 Å². The van der Waals surface area contributed by atoms with Gasteiger partial charge in [0.25, 0.3) is 6.71 Å². The van der Waals surface area contributed by atoms with Crippen LogP contribution in [0, 0.1) is 0 Å². The van der Waals surface area contributed by atoms with Crippen molar-refractivity contribution in [2.45, 2.75) is 201 Å². The van der Waals surface area contributed by atoms with Gasteiger partial charge in [-0.05, 0) is 196 Å². The molecular formula is C73H87BN2. The zero-order chi connectivity index (χ0) is 54.6. The summed E-state index contributed by atoms with van der Waals surface area (Å²) in [6.45, 7) is 45.7. The molecule has 0 saturated carbocycles. The van der Waals surface area contributed by atoms with Crippen LogP contribution in [0.25, 0.3) is 22.3 Å². The molecular weight excluding hydrogens is 916 g/mol. The Labute approximate surface area is 459 Å². The predicted octanol–water partition coefficient (Wildman–Crippen LogP) is 18.8. The second-order valence-electron chi connectivity index (χ2n) is 29.9. The molecule has 7 aromatic rings. The zero-order valence-corrected chi connectivity index (χ0v) is 50.0. The molecule has 0 N–H and O–H groups in total. The molecule has 392 valence electrons. The fourth-order valence-corrected chi connectivity index (χ4v) is 13.6. The average Bonchev–Trinajstić information content (AvgIpc) is 3.43. The Bertz CT molecular complexity index is 3450. The molecule has 0 bridgehead atoms. The Hall–Kier alpha value is -5.80. The minimum absolute atomic E-state index is 0.0198. The van der Waals surface area contributed by atoms with Gasteiger partial charge in [-0.1, -0.05) is 210 Å². The predicted molar refractivity (Wildman–Crippen MR) is 332 cm³/mol. The normalized spacial score (nSPS) is 17.9. The van der Waals surface area contributed by atoms with Gasteiger partial charge in [0.2, 0.25) is 0 Å². The van der Waals surface area contributed by atoms with Gasteiger partial charge >= 0.3 is 0 Å². The number of benzene rings is 7. The first-order valence-corrected chi connectivity index (χ1v) is 29.0. The van der Waals surface area contributed by atoms with Gasteiger partial charge in [0, 0.05) is 34.0 Å². The monoisotopic (exact) mass is 1000 g/mol. The zero-order valence-electron chi connectivity index (χ0n) is 50.0. The summed E-state index contributed by atoms with van der Waals surface area (Å²) in [6, 6.07) is 51.7. The fourth-order valence-electron chi connectivity index (χ4n) is 13.6. The van der Waals surface area contributed by atoms with E-state index in [-0.39, 0.29) is 44.6 Å². The number of hydrogen-bond acceptors (Lipinski definition) is 2. The maximum atomic E-state index is 2.74. The maximum Gasteiger partial charge on any atom is 0.252 e. The van der Waals surface area contributed by atoms with E-state index in [1.165, 1.54) is 143 Å². The highest BCUT2D eigenvalue weighted by Crippen LogP contribution is 2.54. The smallest absolute Gasteiger partial charge is 0.252 e. The first kappa shape index (κ1) is 52.3. The van der Waals surface area contributed by atoms with Gasteiger partial charge in [0.15, 0.2) is 0 Å². The summed E-state index contributed by atoms with van der Waals surface area (Å²) in [4.78, 5) is 5.43. The quantitative estimate of drug-likeness (QED) is 0.159. The number of anilines is 6. The summed E-state index contributed by atoms with van der Waals surface area (Å²) in [5, 5.41) is 0. The highest BCUT2D eigenvalue weighted by molar-refractivity contribution is 7.00. The SMILES string of the molecule is CC(C)c1cc2c3c(c1)N(c1ccc(C(C)(C)C)cc1-c1ccc(-c4ccc(C(C)(C)C)cc4)cc1)c1ccc(C(C)(C)C)cc1B3c1cc3c(cc1N2c1ccc2c(c1)C(C)(C)CCC2(C)C)C(C)(C)CCC3(C)C. The van der Waals surface area contributed by atoms with E-state index in [1.807, 2.05) is 0 Å². The Morgan fingerprint density at radius 2 is 0.816 bits per heavy atom. The third kappa shape index (κ3) is 8.61. The van der Waals surface area contributed by atoms with E-state index in [2.05, 4.69) is 269 Å². The summed E-state index contributed by atoms with van der Waals surface area (Å²) >= 11 is 0. The molecule has 0 atom stereocenters. The van der Waals surface area contributed by atoms with Gasteiger partial charge in [0.05, 0.1) is 5.69 Å². The van der Waals surface area contributed by atoms with E-state index in [4.69, 9.17) is 0 Å². The van der Waals surface area contributed by atoms with Crippen molar-refractivity contribution in [2.24, 2.45) is 0 Å². The second-order valence-corrected chi connectivity index (χ2v) is 29.9. The van der Waals surface area contributed by atoms with E-state index in [0.29, 0.717) is 5.92 Å². The van der Waals surface area contributed by atoms with Crippen molar-refractivity contribution in [1.82, 2.24) is 0 Å². The molecule has 7 aromatic carbocycles. The molecule has 0 spiro atoms. The van der Waals surface area contributed by atoms with E-state index >= 15 is 0 Å². The molecule has 2 heterocycles. The molecule has 0 radical (unpaired) electrons. The van der Waals surface area contributed by atoms with Crippen LogP contribution in [0.5, 0.6) is 0 Å². The lowest BCUT2D eigenvalue weighted by Gasteiger charge is -2.48. The molecule has 0 saturated heterocycles. The molecule has 2 nitrogen and oxygen atoms in total. The largest absolute Gasteiger partial charge is 0.311 e. The van der Waals surface area contributed by atoms with Crippen LogP contribution in [0.4, 0.5) is 34.1 Å². The lowest BCUT2D eigenvalue weighted by atomic mass is 9.33. The minimum atomic E-state index is -0.0477. The standard InChI is InChI=1S/C73H87BN2/c1-45(2)49-38-64-66-65(39-49)76(61-32-28-51(68(6,7)8)40-54(61)48-22-20-46(21-23-48)47-24-26-50(27-25-47)67(3,4)5)62-33-29-52(69(9,10)11)41-59(62)74(66)60-43-57-58(73(18,19)37-36-72(57,16)17)44-63(60)75(64)53-30-31-55-56(42-53)71(14,15)35-34-70(55,12)13/h20-33,38-45H,34-37H2,1-19H3. The lowest BCUT2D eigenvalue weighted by Crippen LogP contribution is -2.62. The van der Waals surface area contributed by atoms with Crippen molar-refractivity contribution < 1.29 is 0 Å². The molecule has 11 rings (SSSR count). The summed E-state index contributed by atoms with van der Waals surface area (Å²) in [7, 11) is 0. The number of rotatable bonds is 5. The molecule has 2 aliphatic heterocycles. The van der Waals surface area contributed by atoms with Gasteiger partial charge in [-0.15, -0.1) is 0 Å². The molecule has 0 unspecified atom stereocenters. The third-order valence-electron chi connectivity index (χ3n) is 19.1. The molecule has 0 aromatic heterocycles. The van der Waals surface area contributed by atoms with E-state index in [9.17, 15) is 0 Å². The van der Waals surface area contributed by atoms with Crippen molar-refractivity contribution in [3.05, 3.63) is 172 Å². The summed E-state index contributed by atoms with van der Waals surface area (Å²) in [6.07, 6.45) is 4.72. The first-order chi connectivity index (χ1) is 35.4. The van der Waals surface area contributed by atoms with Crippen LogP contribution in [-0.2, 0) is 37.9 Å². The van der Waals surface area contributed by atoms with Crippen LogP contribution < -0.4 is 26.2 Å². The Balaban J connectivity index is 1.22. The van der Waals surface area contributed by atoms with E-state index in [0.717, 1.165) is 0 Å². The first-order valence-electron chi connectivity index (χ1n) is 29.0. The van der Waals surface area contributed by atoms with Crippen molar-refractivity contribution >= 4 is 57.2 Å². The van der Waals surface area contributed by atoms with Crippen molar-refractivity contribution in [1.29, 1.82) is 0 Å². The number of nitrogens with zero attached hydrogens (tertiary/aromatic N) is 2. The molecule has 76 heavy (non-hydrogen) atoms. The van der Waals surface area contributed by atoms with Crippen LogP contribution in [0.3, 0.4) is 0 Å². The maximum absolute atomic E-state index is 2.74. The lowest BCUT2D eigenvalue weighted by molar-refractivity contribution is 0.332. The van der Waals surface area contributed by atoms with Crippen LogP contribution in [-0.4, -0.2) is 6.71 Å². The van der Waals surface area contributed by atoms with E-state index in [1.54, 1.807) is 0 Å². The van der Waals surface area contributed by atoms with Gasteiger partial charge < -0.3 is 9.80 Å². The third-order valence-corrected chi connectivity index (χ3v) is 19.1. The molecule has 0 amide bonds. The summed E-state index contributed by atoms with van der Waals surface area (Å²) < 4.78 is 0. The summed E-state index contributed by atoms with van der Waals surface area (Å²) in [5.41, 5.74) is 28.6. The van der Waals surface area contributed by atoms with Gasteiger partial charge in [-0.25, -0.2) is 0 Å². The van der Waals surface area contributed by atoms with Gasteiger partial charge in [-0.2, -0.15) is 0 Å². The number of fused-ring (bicyclic) bond motifs is 6. The molecule has 2 aliphatic carbocycles. The van der Waals surface area contributed by atoms with E-state index < -0.39 is 0 Å². The van der Waals surface area contributed by atoms with Crippen LogP contribution in [0.1, 0.15) is 208 Å². The number of hydrogen-bond donors (Lipinski definition) is 0. The average molecular weight is 1000 g/mol. The molecule has 3 heteroatoms. The minimum Gasteiger partial charge on any atom is -0.311 e. The highest BCUT2D eigenvalue weighted by Gasteiger charge is 2.48. The van der Waals surface area contributed by atoms with Gasteiger partial charge in [0.1, 0.15) is 0 Å². The van der Waals surface area contributed by atoms with Crippen LogP contribution in [0.15, 0.2) is 127 Å². The Morgan fingerprint density at radius 3 is 1.36 bits per heavy atom. The fraction of sp³-hybridized carbons (Fsp3) is 0.425. The van der Waals surface area contributed by atoms with Crippen molar-refractivity contribution in [3.8, 4) is 22.3 Å². The van der Waals surface area contributed by atoms with Crippen LogP contribution >= 0.6 is 0 Å². The molecule has 0 fully saturated rings. The molecule has 4 aliphatic rings. The Kier molecular flexibility index (Phi) is 11.9. The van der Waals surface area contributed by atoms with Gasteiger partial charge in [-0.3, -0.25) is 0 Å². The highest BCUT2D eigenvalue weighted by atomic mass is 15.2. The summed E-state index contributed by atoms with van der Waals surface area (Å²) in [5.74, 6) is 0.300. The Morgan fingerprint density at radius 1 is 0.382 bits per heavy atom. The van der Waals surface area contributed by atoms with Crippen molar-refractivity contribution in [3.63, 3.8) is 0 Å². The van der Waals surface area contributed by atoms with Crippen LogP contribution in [0.2, 0.25) is 0 Å².